The van der Waals surface area contributed by atoms with Gasteiger partial charge in [-0.3, -0.25) is 4.99 Å². The fourth-order valence-electron chi connectivity index (χ4n) is 2.27. The smallest absolute Gasteiger partial charge is 0.195 e. The molecule has 0 aromatic heterocycles. The summed E-state index contributed by atoms with van der Waals surface area (Å²) in [5.41, 5.74) is 2.32. The van der Waals surface area contributed by atoms with Crippen LogP contribution < -0.4 is 15.5 Å². The van der Waals surface area contributed by atoms with Crippen molar-refractivity contribution >= 4 is 17.3 Å². The van der Waals surface area contributed by atoms with Gasteiger partial charge >= 0.3 is 0 Å². The van der Waals surface area contributed by atoms with E-state index in [1.807, 2.05) is 6.07 Å². The highest BCUT2D eigenvalue weighted by atomic mass is 16.5. The maximum absolute atomic E-state index is 5.40. The molecule has 18 heavy (non-hydrogen) atoms. The average molecular weight is 246 g/mol. The average Bonchev–Trinajstić information content (AvgIpc) is 2.93. The number of aliphatic imine (C=N–C) groups is 1. The van der Waals surface area contributed by atoms with Crippen molar-refractivity contribution in [2.45, 2.75) is 0 Å². The van der Waals surface area contributed by atoms with E-state index in [9.17, 15) is 0 Å². The topological polar surface area (TPSA) is 48.9 Å². The van der Waals surface area contributed by atoms with Gasteiger partial charge in [0.1, 0.15) is 0 Å². The first kappa shape index (κ1) is 11.3. The summed E-state index contributed by atoms with van der Waals surface area (Å²) in [4.78, 5) is 6.72. The fourth-order valence-corrected chi connectivity index (χ4v) is 2.27. The number of morpholine rings is 1. The molecule has 0 spiro atoms. The highest BCUT2D eigenvalue weighted by Gasteiger charge is 2.15. The van der Waals surface area contributed by atoms with Crippen LogP contribution in [0.3, 0.4) is 0 Å². The largest absolute Gasteiger partial charge is 0.378 e. The molecular weight excluding hydrogens is 228 g/mol. The molecule has 0 saturated carbocycles. The van der Waals surface area contributed by atoms with Crippen LogP contribution in [0.15, 0.2) is 29.3 Å². The summed E-state index contributed by atoms with van der Waals surface area (Å²) in [6.07, 6.45) is 0. The van der Waals surface area contributed by atoms with Crippen molar-refractivity contribution in [2.75, 3.05) is 49.6 Å². The van der Waals surface area contributed by atoms with Crippen molar-refractivity contribution in [3.05, 3.63) is 24.3 Å². The number of rotatable bonds is 2. The number of ether oxygens (including phenoxy) is 1. The van der Waals surface area contributed by atoms with E-state index in [4.69, 9.17) is 4.74 Å². The molecule has 2 N–H and O–H groups in total. The highest BCUT2D eigenvalue weighted by Crippen LogP contribution is 2.26. The van der Waals surface area contributed by atoms with E-state index in [0.29, 0.717) is 0 Å². The number of hydrogen-bond acceptors (Lipinski definition) is 5. The van der Waals surface area contributed by atoms with Crippen LogP contribution in [0.4, 0.5) is 11.4 Å². The summed E-state index contributed by atoms with van der Waals surface area (Å²) in [7, 11) is 0. The second-order valence-corrected chi connectivity index (χ2v) is 4.40. The summed E-state index contributed by atoms with van der Waals surface area (Å²) in [5.74, 6) is 0.871. The Morgan fingerprint density at radius 1 is 1.22 bits per heavy atom. The Morgan fingerprint density at radius 3 is 2.83 bits per heavy atom. The van der Waals surface area contributed by atoms with E-state index < -0.39 is 0 Å². The molecule has 0 radical (unpaired) electrons. The van der Waals surface area contributed by atoms with Crippen LogP contribution in [-0.2, 0) is 4.74 Å². The third kappa shape index (κ3) is 2.41. The maximum Gasteiger partial charge on any atom is 0.195 e. The number of para-hydroxylation sites is 2. The van der Waals surface area contributed by atoms with Gasteiger partial charge in [-0.15, -0.1) is 0 Å². The zero-order valence-corrected chi connectivity index (χ0v) is 10.4. The van der Waals surface area contributed by atoms with E-state index in [-0.39, 0.29) is 0 Å². The minimum atomic E-state index is 0.799. The van der Waals surface area contributed by atoms with Gasteiger partial charge in [0, 0.05) is 19.6 Å². The first-order valence-corrected chi connectivity index (χ1v) is 6.40. The number of hydrogen-bond donors (Lipinski definition) is 2. The lowest BCUT2D eigenvalue weighted by atomic mass is 10.2. The minimum Gasteiger partial charge on any atom is -0.378 e. The van der Waals surface area contributed by atoms with Crippen LogP contribution in [0, 0.1) is 0 Å². The molecule has 1 aromatic carbocycles. The van der Waals surface area contributed by atoms with Crippen molar-refractivity contribution in [1.29, 1.82) is 0 Å². The molecule has 5 heteroatoms. The van der Waals surface area contributed by atoms with Gasteiger partial charge in [-0.1, -0.05) is 12.1 Å². The molecule has 0 unspecified atom stereocenters. The predicted molar refractivity (Wildman–Crippen MR) is 73.4 cm³/mol. The minimum absolute atomic E-state index is 0.799. The number of nitrogens with zero attached hydrogens (tertiary/aromatic N) is 2. The van der Waals surface area contributed by atoms with E-state index >= 15 is 0 Å². The zero-order valence-electron chi connectivity index (χ0n) is 10.4. The van der Waals surface area contributed by atoms with Gasteiger partial charge in [0.2, 0.25) is 0 Å². The molecule has 0 aliphatic carbocycles. The van der Waals surface area contributed by atoms with Gasteiger partial charge < -0.3 is 20.3 Å². The standard InChI is InChI=1S/C13H18N4O/c1-2-4-12(17-7-9-18-10-8-17)11(3-1)16-13-14-5-6-15-13/h1-4H,5-10H2,(H2,14,15,16). The number of anilines is 2. The normalized spacial score (nSPS) is 19.3. The summed E-state index contributed by atoms with van der Waals surface area (Å²) in [6, 6.07) is 8.35. The lowest BCUT2D eigenvalue weighted by Crippen LogP contribution is -2.37. The molecule has 3 rings (SSSR count). The SMILES string of the molecule is c1ccc(N2CCOCC2)c(NC2=NCCN2)c1. The number of benzene rings is 1. The van der Waals surface area contributed by atoms with Crippen LogP contribution in [0.1, 0.15) is 0 Å². The Bertz CT molecular complexity index is 440. The second kappa shape index (κ2) is 5.27. The third-order valence-corrected chi connectivity index (χ3v) is 3.18. The van der Waals surface area contributed by atoms with Crippen molar-refractivity contribution < 1.29 is 4.74 Å². The Labute approximate surface area is 107 Å². The van der Waals surface area contributed by atoms with E-state index in [0.717, 1.165) is 51.0 Å². The molecule has 2 aliphatic rings. The van der Waals surface area contributed by atoms with Crippen LogP contribution in [0.2, 0.25) is 0 Å². The number of nitrogens with one attached hydrogen (secondary N) is 2. The van der Waals surface area contributed by atoms with Gasteiger partial charge in [0.05, 0.1) is 31.1 Å². The quantitative estimate of drug-likeness (QED) is 0.814. The van der Waals surface area contributed by atoms with Crippen molar-refractivity contribution in [3.8, 4) is 0 Å². The van der Waals surface area contributed by atoms with Gasteiger partial charge in [0.15, 0.2) is 5.96 Å². The van der Waals surface area contributed by atoms with Crippen molar-refractivity contribution in [3.63, 3.8) is 0 Å². The second-order valence-electron chi connectivity index (χ2n) is 4.40. The first-order chi connectivity index (χ1) is 8.93. The van der Waals surface area contributed by atoms with Gasteiger partial charge in [0.25, 0.3) is 0 Å². The molecular formula is C13H18N4O. The monoisotopic (exact) mass is 246 g/mol. The van der Waals surface area contributed by atoms with Gasteiger partial charge in [-0.25, -0.2) is 0 Å². The zero-order chi connectivity index (χ0) is 12.2. The number of guanidine groups is 1. The molecule has 1 saturated heterocycles. The summed E-state index contributed by atoms with van der Waals surface area (Å²) in [6.45, 7) is 5.25. The predicted octanol–water partition coefficient (Wildman–Crippen LogP) is 0.894. The fraction of sp³-hybridized carbons (Fsp3) is 0.462. The molecule has 0 amide bonds. The first-order valence-electron chi connectivity index (χ1n) is 6.40. The molecule has 0 bridgehead atoms. The highest BCUT2D eigenvalue weighted by molar-refractivity contribution is 5.97. The summed E-state index contributed by atoms with van der Waals surface area (Å²) >= 11 is 0. The van der Waals surface area contributed by atoms with Gasteiger partial charge in [-0.05, 0) is 12.1 Å². The molecule has 2 heterocycles. The lowest BCUT2D eigenvalue weighted by Gasteiger charge is -2.30. The van der Waals surface area contributed by atoms with Crippen LogP contribution in [0.25, 0.3) is 0 Å². The maximum atomic E-state index is 5.40. The van der Waals surface area contributed by atoms with E-state index in [1.165, 1.54) is 5.69 Å². The van der Waals surface area contributed by atoms with Crippen LogP contribution in [0.5, 0.6) is 0 Å². The molecule has 96 valence electrons. The van der Waals surface area contributed by atoms with Crippen LogP contribution >= 0.6 is 0 Å². The van der Waals surface area contributed by atoms with E-state index in [2.05, 4.69) is 38.7 Å². The van der Waals surface area contributed by atoms with Gasteiger partial charge in [-0.2, -0.15) is 0 Å². The molecule has 1 aromatic rings. The van der Waals surface area contributed by atoms with E-state index in [1.54, 1.807) is 0 Å². The van der Waals surface area contributed by atoms with Crippen molar-refractivity contribution in [2.24, 2.45) is 4.99 Å². The Balaban J connectivity index is 1.79. The molecule has 0 atom stereocenters. The molecule has 1 fully saturated rings. The lowest BCUT2D eigenvalue weighted by molar-refractivity contribution is 0.123. The molecule has 2 aliphatic heterocycles. The van der Waals surface area contributed by atoms with Crippen molar-refractivity contribution in [1.82, 2.24) is 5.32 Å². The Morgan fingerprint density at radius 2 is 2.06 bits per heavy atom. The molecule has 5 nitrogen and oxygen atoms in total. The Kier molecular flexibility index (Phi) is 3.32. The Hall–Kier alpha value is -1.75. The third-order valence-electron chi connectivity index (χ3n) is 3.18. The summed E-state index contributed by atoms with van der Waals surface area (Å²) in [5, 5.41) is 6.59. The van der Waals surface area contributed by atoms with Crippen LogP contribution in [-0.4, -0.2) is 45.4 Å². The summed E-state index contributed by atoms with van der Waals surface area (Å²) < 4.78 is 5.40.